The Kier molecular flexibility index (Phi) is 4.84. The van der Waals surface area contributed by atoms with Gasteiger partial charge in [-0.25, -0.2) is 21.9 Å². The van der Waals surface area contributed by atoms with E-state index in [1.54, 1.807) is 0 Å². The topological polar surface area (TPSA) is 101 Å². The molecule has 0 aliphatic carbocycles. The number of halogens is 2. The zero-order valence-corrected chi connectivity index (χ0v) is 12.4. The Bertz CT molecular complexity index is 662. The monoisotopic (exact) mass is 323 g/mol. The van der Waals surface area contributed by atoms with E-state index in [1.165, 1.54) is 13.8 Å². The molecule has 0 heterocycles. The van der Waals surface area contributed by atoms with E-state index in [-0.39, 0.29) is 6.54 Å². The van der Waals surface area contributed by atoms with Crippen LogP contribution in [0.25, 0.3) is 0 Å². The number of nitrogens with zero attached hydrogens (tertiary/aromatic N) is 1. The molecule has 0 saturated heterocycles. The zero-order chi connectivity index (χ0) is 16.4. The predicted octanol–water partition coefficient (Wildman–Crippen LogP) is 1.61. The first-order valence-corrected chi connectivity index (χ1v) is 7.67. The van der Waals surface area contributed by atoms with E-state index in [1.807, 2.05) is 0 Å². The number of rotatable bonds is 6. The van der Waals surface area contributed by atoms with Crippen LogP contribution in [-0.4, -0.2) is 31.7 Å². The Morgan fingerprint density at radius 3 is 2.38 bits per heavy atom. The van der Waals surface area contributed by atoms with Gasteiger partial charge in [-0.3, -0.25) is 10.1 Å². The number of hydrogen-bond acceptors (Lipinski definition) is 5. The molecule has 118 valence electrons. The van der Waals surface area contributed by atoms with Gasteiger partial charge in [-0.15, -0.1) is 0 Å². The largest absolute Gasteiger partial charge is 0.375 e. The van der Waals surface area contributed by atoms with Crippen LogP contribution in [0.1, 0.15) is 13.8 Å². The summed E-state index contributed by atoms with van der Waals surface area (Å²) in [6.45, 7) is 2.80. The fourth-order valence-electron chi connectivity index (χ4n) is 1.71. The molecule has 0 saturated carbocycles. The van der Waals surface area contributed by atoms with E-state index in [2.05, 4.69) is 10.0 Å². The minimum Gasteiger partial charge on any atom is -0.375 e. The van der Waals surface area contributed by atoms with Crippen LogP contribution in [0.5, 0.6) is 0 Å². The third kappa shape index (κ3) is 4.90. The van der Waals surface area contributed by atoms with Crippen molar-refractivity contribution in [3.05, 3.63) is 33.9 Å². The van der Waals surface area contributed by atoms with E-state index < -0.39 is 43.5 Å². The predicted molar refractivity (Wildman–Crippen MR) is 73.6 cm³/mol. The highest BCUT2D eigenvalue weighted by Gasteiger charge is 2.26. The normalized spacial score (nSPS) is 12.2. The first-order valence-electron chi connectivity index (χ1n) is 5.78. The van der Waals surface area contributed by atoms with E-state index in [0.29, 0.717) is 6.07 Å². The van der Waals surface area contributed by atoms with Gasteiger partial charge in [-0.2, -0.15) is 0 Å². The van der Waals surface area contributed by atoms with Crippen molar-refractivity contribution < 1.29 is 22.1 Å². The molecule has 1 aromatic carbocycles. The van der Waals surface area contributed by atoms with Gasteiger partial charge < -0.3 is 5.32 Å². The molecule has 10 heteroatoms. The Hall–Kier alpha value is -1.81. The highest BCUT2D eigenvalue weighted by molar-refractivity contribution is 7.88. The van der Waals surface area contributed by atoms with Crippen LogP contribution in [0.4, 0.5) is 20.2 Å². The summed E-state index contributed by atoms with van der Waals surface area (Å²) >= 11 is 0. The van der Waals surface area contributed by atoms with Crippen molar-refractivity contribution in [2.45, 2.75) is 19.4 Å². The molecule has 0 spiro atoms. The number of nitro benzene ring substituents is 1. The summed E-state index contributed by atoms with van der Waals surface area (Å²) < 4.78 is 51.4. The standard InChI is InChI=1S/C11H15F2N3O4S/c1-11(2,15-21(3,19)20)6-14-10-8(16(17)18)5-4-7(12)9(10)13/h4-5,14-15H,6H2,1-3H3. The van der Waals surface area contributed by atoms with Crippen molar-refractivity contribution in [3.8, 4) is 0 Å². The second-order valence-corrected chi connectivity index (χ2v) is 6.87. The third-order valence-corrected chi connectivity index (χ3v) is 3.36. The fraction of sp³-hybridized carbons (Fsp3) is 0.455. The lowest BCUT2D eigenvalue weighted by atomic mass is 10.1. The fourth-order valence-corrected chi connectivity index (χ4v) is 2.78. The highest BCUT2D eigenvalue weighted by Crippen LogP contribution is 2.29. The van der Waals surface area contributed by atoms with Gasteiger partial charge in [0.2, 0.25) is 10.0 Å². The molecular formula is C11H15F2N3O4S. The highest BCUT2D eigenvalue weighted by atomic mass is 32.2. The SMILES string of the molecule is CC(C)(CNc1c([N+](=O)[O-])ccc(F)c1F)NS(C)(=O)=O. The smallest absolute Gasteiger partial charge is 0.295 e. The molecule has 0 unspecified atom stereocenters. The molecule has 1 rings (SSSR count). The van der Waals surface area contributed by atoms with Crippen LogP contribution in [0.15, 0.2) is 12.1 Å². The van der Waals surface area contributed by atoms with E-state index in [9.17, 15) is 27.3 Å². The molecule has 0 bridgehead atoms. The lowest BCUT2D eigenvalue weighted by Crippen LogP contribution is -2.47. The molecule has 1 aromatic rings. The van der Waals surface area contributed by atoms with Crippen LogP contribution in [0.2, 0.25) is 0 Å². The summed E-state index contributed by atoms with van der Waals surface area (Å²) in [5.74, 6) is -2.63. The van der Waals surface area contributed by atoms with Gasteiger partial charge in [-0.1, -0.05) is 0 Å². The van der Waals surface area contributed by atoms with Crippen LogP contribution in [0.3, 0.4) is 0 Å². The maximum atomic E-state index is 13.7. The quantitative estimate of drug-likeness (QED) is 0.612. The first kappa shape index (κ1) is 17.2. The van der Waals surface area contributed by atoms with Crippen LogP contribution < -0.4 is 10.0 Å². The third-order valence-electron chi connectivity index (χ3n) is 2.44. The molecule has 0 aromatic heterocycles. The Morgan fingerprint density at radius 1 is 1.33 bits per heavy atom. The van der Waals surface area contributed by atoms with E-state index in [4.69, 9.17) is 0 Å². The zero-order valence-electron chi connectivity index (χ0n) is 11.6. The Labute approximate surface area is 120 Å². The maximum Gasteiger partial charge on any atom is 0.295 e. The van der Waals surface area contributed by atoms with Gasteiger partial charge in [0.15, 0.2) is 17.3 Å². The van der Waals surface area contributed by atoms with Crippen molar-refractivity contribution in [2.24, 2.45) is 0 Å². The Balaban J connectivity index is 3.03. The summed E-state index contributed by atoms with van der Waals surface area (Å²) in [4.78, 5) is 9.94. The molecular weight excluding hydrogens is 308 g/mol. The van der Waals surface area contributed by atoms with Gasteiger partial charge in [0.05, 0.1) is 11.2 Å². The lowest BCUT2D eigenvalue weighted by Gasteiger charge is -2.25. The second-order valence-electron chi connectivity index (χ2n) is 5.12. The number of nitrogens with one attached hydrogen (secondary N) is 2. The van der Waals surface area contributed by atoms with Gasteiger partial charge in [0.25, 0.3) is 5.69 Å². The summed E-state index contributed by atoms with van der Waals surface area (Å²) in [6.07, 6.45) is 0.944. The number of nitro groups is 1. The maximum absolute atomic E-state index is 13.7. The molecule has 2 N–H and O–H groups in total. The molecule has 21 heavy (non-hydrogen) atoms. The van der Waals surface area contributed by atoms with Crippen molar-refractivity contribution in [1.29, 1.82) is 0 Å². The molecule has 0 aliphatic heterocycles. The molecule has 0 atom stereocenters. The number of hydrogen-bond donors (Lipinski definition) is 2. The number of benzene rings is 1. The van der Waals surface area contributed by atoms with Crippen molar-refractivity contribution >= 4 is 21.4 Å². The average molecular weight is 323 g/mol. The molecule has 0 aliphatic rings. The average Bonchev–Trinajstić information content (AvgIpc) is 2.27. The molecule has 7 nitrogen and oxygen atoms in total. The van der Waals surface area contributed by atoms with Gasteiger partial charge in [0, 0.05) is 18.2 Å². The van der Waals surface area contributed by atoms with Crippen molar-refractivity contribution in [2.75, 3.05) is 18.1 Å². The van der Waals surface area contributed by atoms with Crippen molar-refractivity contribution in [3.63, 3.8) is 0 Å². The first-order chi connectivity index (χ1) is 9.43. The summed E-state index contributed by atoms with van der Waals surface area (Å²) in [5, 5.41) is 13.2. The summed E-state index contributed by atoms with van der Waals surface area (Å²) in [5.41, 5.74) is -2.31. The van der Waals surface area contributed by atoms with Gasteiger partial charge in [-0.05, 0) is 19.9 Å². The van der Waals surface area contributed by atoms with Crippen LogP contribution in [0, 0.1) is 21.7 Å². The molecule has 0 amide bonds. The molecule has 0 radical (unpaired) electrons. The minimum atomic E-state index is -3.52. The second kappa shape index (κ2) is 5.90. The molecule has 0 fully saturated rings. The van der Waals surface area contributed by atoms with E-state index in [0.717, 1.165) is 12.3 Å². The van der Waals surface area contributed by atoms with Gasteiger partial charge >= 0.3 is 0 Å². The van der Waals surface area contributed by atoms with Crippen LogP contribution in [-0.2, 0) is 10.0 Å². The lowest BCUT2D eigenvalue weighted by molar-refractivity contribution is -0.384. The van der Waals surface area contributed by atoms with E-state index >= 15 is 0 Å². The van der Waals surface area contributed by atoms with Crippen molar-refractivity contribution in [1.82, 2.24) is 4.72 Å². The Morgan fingerprint density at radius 2 is 1.90 bits per heavy atom. The number of sulfonamides is 1. The minimum absolute atomic E-state index is 0.179. The van der Waals surface area contributed by atoms with Crippen LogP contribution >= 0.6 is 0 Å². The van der Waals surface area contributed by atoms with Gasteiger partial charge in [0.1, 0.15) is 0 Å². The summed E-state index contributed by atoms with van der Waals surface area (Å²) in [6, 6.07) is 1.48. The number of anilines is 1. The summed E-state index contributed by atoms with van der Waals surface area (Å²) in [7, 11) is -3.52.